The van der Waals surface area contributed by atoms with Gasteiger partial charge in [-0.1, -0.05) is 50.8 Å². The van der Waals surface area contributed by atoms with Gasteiger partial charge in [-0.15, -0.1) is 10.2 Å². The lowest BCUT2D eigenvalue weighted by atomic mass is 10.0. The van der Waals surface area contributed by atoms with Gasteiger partial charge in [-0.2, -0.15) is 0 Å². The molecule has 3 aromatic rings. The number of phenolic OH excluding ortho intramolecular Hbond substituents is 1. The van der Waals surface area contributed by atoms with Crippen LogP contribution in [0.5, 0.6) is 5.75 Å². The zero-order valence-corrected chi connectivity index (χ0v) is 18.3. The van der Waals surface area contributed by atoms with Crippen LogP contribution in [-0.2, 0) is 4.74 Å². The average molecular weight is 441 g/mol. The molecule has 1 N–H and O–H groups in total. The SMILES string of the molecule is CCCCC(CC)COC(=O)c1cc2c(O)ccc(N=Nc3ccccn3)c2nc1Cl. The van der Waals surface area contributed by atoms with Gasteiger partial charge < -0.3 is 9.84 Å². The van der Waals surface area contributed by atoms with Crippen molar-refractivity contribution in [1.82, 2.24) is 9.97 Å². The Morgan fingerprint density at radius 3 is 2.77 bits per heavy atom. The van der Waals surface area contributed by atoms with Crippen molar-refractivity contribution in [3.8, 4) is 5.75 Å². The minimum Gasteiger partial charge on any atom is -0.507 e. The molecule has 8 heteroatoms. The summed E-state index contributed by atoms with van der Waals surface area (Å²) in [4.78, 5) is 21.0. The summed E-state index contributed by atoms with van der Waals surface area (Å²) in [7, 11) is 0. The maximum absolute atomic E-state index is 12.6. The minimum absolute atomic E-state index is 0.0148. The van der Waals surface area contributed by atoms with Crippen LogP contribution in [0.2, 0.25) is 5.15 Å². The molecule has 0 saturated carbocycles. The quantitative estimate of drug-likeness (QED) is 0.225. The summed E-state index contributed by atoms with van der Waals surface area (Å²) in [6, 6.07) is 9.82. The van der Waals surface area contributed by atoms with Crippen molar-refractivity contribution >= 4 is 40.0 Å². The van der Waals surface area contributed by atoms with Gasteiger partial charge in [-0.25, -0.2) is 14.8 Å². The number of halogens is 1. The first-order valence-corrected chi connectivity index (χ1v) is 10.7. The molecule has 0 fully saturated rings. The van der Waals surface area contributed by atoms with E-state index in [1.165, 1.54) is 12.1 Å². The second-order valence-corrected chi connectivity index (χ2v) is 7.59. The lowest BCUT2D eigenvalue weighted by molar-refractivity contribution is 0.0428. The number of benzene rings is 1. The van der Waals surface area contributed by atoms with Crippen molar-refractivity contribution in [3.05, 3.63) is 53.3 Å². The Balaban J connectivity index is 1.86. The Hall–Kier alpha value is -3.06. The lowest BCUT2D eigenvalue weighted by Gasteiger charge is -2.15. The van der Waals surface area contributed by atoms with E-state index in [0.29, 0.717) is 34.9 Å². The van der Waals surface area contributed by atoms with E-state index in [4.69, 9.17) is 16.3 Å². The van der Waals surface area contributed by atoms with Gasteiger partial charge in [0.25, 0.3) is 0 Å². The molecule has 1 atom stereocenters. The van der Waals surface area contributed by atoms with Crippen LogP contribution >= 0.6 is 11.6 Å². The van der Waals surface area contributed by atoms with E-state index in [0.717, 1.165) is 25.7 Å². The third kappa shape index (κ3) is 5.76. The number of aromatic nitrogens is 2. The normalized spacial score (nSPS) is 12.4. The number of fused-ring (bicyclic) bond motifs is 1. The Kier molecular flexibility index (Phi) is 7.89. The summed E-state index contributed by atoms with van der Waals surface area (Å²) >= 11 is 6.29. The fourth-order valence-corrected chi connectivity index (χ4v) is 3.34. The Morgan fingerprint density at radius 2 is 2.06 bits per heavy atom. The number of esters is 1. The summed E-state index contributed by atoms with van der Waals surface area (Å²) in [5.41, 5.74) is 0.829. The van der Waals surface area contributed by atoms with Crippen LogP contribution < -0.4 is 0 Å². The van der Waals surface area contributed by atoms with Crippen molar-refractivity contribution in [2.75, 3.05) is 6.61 Å². The Bertz CT molecular complexity index is 1070. The molecule has 162 valence electrons. The summed E-state index contributed by atoms with van der Waals surface area (Å²) in [6.45, 7) is 4.54. The van der Waals surface area contributed by atoms with Crippen LogP contribution in [-0.4, -0.2) is 27.7 Å². The molecule has 7 nitrogen and oxygen atoms in total. The fraction of sp³-hybridized carbons (Fsp3) is 0.348. The van der Waals surface area contributed by atoms with Crippen molar-refractivity contribution in [3.63, 3.8) is 0 Å². The van der Waals surface area contributed by atoms with Gasteiger partial charge in [0.05, 0.1) is 12.2 Å². The number of azo groups is 1. The summed E-state index contributed by atoms with van der Waals surface area (Å²) in [6.07, 6.45) is 5.75. The predicted molar refractivity (Wildman–Crippen MR) is 120 cm³/mol. The monoisotopic (exact) mass is 440 g/mol. The molecule has 2 heterocycles. The molecule has 0 saturated heterocycles. The van der Waals surface area contributed by atoms with E-state index in [-0.39, 0.29) is 16.5 Å². The maximum atomic E-state index is 12.6. The fourth-order valence-electron chi connectivity index (χ4n) is 3.12. The molecule has 1 unspecified atom stereocenters. The summed E-state index contributed by atoms with van der Waals surface area (Å²) in [5, 5.41) is 18.9. The van der Waals surface area contributed by atoms with Gasteiger partial charge >= 0.3 is 5.97 Å². The highest BCUT2D eigenvalue weighted by molar-refractivity contribution is 6.33. The maximum Gasteiger partial charge on any atom is 0.341 e. The molecule has 0 amide bonds. The number of pyridine rings is 2. The van der Waals surface area contributed by atoms with Crippen LogP contribution in [0.4, 0.5) is 11.5 Å². The van der Waals surface area contributed by atoms with Crippen LogP contribution in [0.3, 0.4) is 0 Å². The van der Waals surface area contributed by atoms with Crippen LogP contribution in [0, 0.1) is 5.92 Å². The highest BCUT2D eigenvalue weighted by atomic mass is 35.5. The molecule has 2 aromatic heterocycles. The number of ether oxygens (including phenoxy) is 1. The number of rotatable bonds is 9. The van der Waals surface area contributed by atoms with Crippen molar-refractivity contribution in [2.45, 2.75) is 39.5 Å². The second-order valence-electron chi connectivity index (χ2n) is 7.23. The van der Waals surface area contributed by atoms with Gasteiger partial charge in [0.2, 0.25) is 0 Å². The number of carbonyl (C=O) groups excluding carboxylic acids is 1. The molecule has 1 aromatic carbocycles. The van der Waals surface area contributed by atoms with Gasteiger partial charge in [-0.3, -0.25) is 0 Å². The largest absolute Gasteiger partial charge is 0.507 e. The number of phenols is 1. The molecular weight excluding hydrogens is 416 g/mol. The van der Waals surface area contributed by atoms with E-state index in [1.54, 1.807) is 30.5 Å². The van der Waals surface area contributed by atoms with Crippen molar-refractivity contribution in [1.29, 1.82) is 0 Å². The number of hydrogen-bond acceptors (Lipinski definition) is 7. The number of nitrogens with zero attached hydrogens (tertiary/aromatic N) is 4. The molecule has 0 bridgehead atoms. The predicted octanol–water partition coefficient (Wildman–Crippen LogP) is 6.78. The van der Waals surface area contributed by atoms with Gasteiger partial charge in [0.1, 0.15) is 22.1 Å². The molecule has 31 heavy (non-hydrogen) atoms. The lowest BCUT2D eigenvalue weighted by Crippen LogP contribution is -2.14. The molecule has 0 aliphatic rings. The molecule has 0 aliphatic carbocycles. The number of hydrogen-bond donors (Lipinski definition) is 1. The molecular formula is C23H25ClN4O3. The van der Waals surface area contributed by atoms with Crippen LogP contribution in [0.15, 0.2) is 52.8 Å². The first-order valence-electron chi connectivity index (χ1n) is 10.4. The van der Waals surface area contributed by atoms with Gasteiger partial charge in [0, 0.05) is 11.6 Å². The van der Waals surface area contributed by atoms with E-state index >= 15 is 0 Å². The smallest absolute Gasteiger partial charge is 0.341 e. The zero-order chi connectivity index (χ0) is 22.2. The van der Waals surface area contributed by atoms with Crippen molar-refractivity contribution in [2.24, 2.45) is 16.1 Å². The van der Waals surface area contributed by atoms with Crippen LogP contribution in [0.25, 0.3) is 10.9 Å². The van der Waals surface area contributed by atoms with E-state index < -0.39 is 5.97 Å². The first kappa shape index (κ1) is 22.6. The standard InChI is InChI=1S/C23H25ClN4O3/c1-3-5-8-15(4-2)14-31-23(30)17-13-16-19(29)11-10-18(21(16)26-22(17)24)27-28-20-9-6-7-12-25-20/h6-7,9-13,15,29H,3-5,8,14H2,1-2H3. The first-order chi connectivity index (χ1) is 15.0. The average Bonchev–Trinajstić information content (AvgIpc) is 2.79. The van der Waals surface area contributed by atoms with Gasteiger partial charge in [-0.05, 0) is 42.7 Å². The van der Waals surface area contributed by atoms with E-state index in [2.05, 4.69) is 34.0 Å². The molecule has 3 rings (SSSR count). The number of aromatic hydroxyl groups is 1. The Morgan fingerprint density at radius 1 is 1.23 bits per heavy atom. The number of unbranched alkanes of at least 4 members (excludes halogenated alkanes) is 1. The zero-order valence-electron chi connectivity index (χ0n) is 17.6. The van der Waals surface area contributed by atoms with E-state index in [9.17, 15) is 9.90 Å². The van der Waals surface area contributed by atoms with Crippen molar-refractivity contribution < 1.29 is 14.6 Å². The Labute approximate surface area is 186 Å². The highest BCUT2D eigenvalue weighted by Crippen LogP contribution is 2.35. The third-order valence-corrected chi connectivity index (χ3v) is 5.30. The summed E-state index contributed by atoms with van der Waals surface area (Å²) in [5.74, 6) is 0.139. The van der Waals surface area contributed by atoms with Gasteiger partial charge in [0.15, 0.2) is 5.82 Å². The molecule has 0 aliphatic heterocycles. The number of carbonyl (C=O) groups is 1. The second kappa shape index (κ2) is 10.8. The van der Waals surface area contributed by atoms with E-state index in [1.807, 2.05) is 0 Å². The van der Waals surface area contributed by atoms with Crippen LogP contribution in [0.1, 0.15) is 49.9 Å². The minimum atomic E-state index is -0.561. The molecule has 0 spiro atoms. The summed E-state index contributed by atoms with van der Waals surface area (Å²) < 4.78 is 5.49. The third-order valence-electron chi connectivity index (χ3n) is 5.02. The topological polar surface area (TPSA) is 97.0 Å². The highest BCUT2D eigenvalue weighted by Gasteiger charge is 2.19. The molecule has 0 radical (unpaired) electrons.